The molecule has 102 valence electrons. The van der Waals surface area contributed by atoms with Gasteiger partial charge in [0.1, 0.15) is 6.29 Å². The molecule has 1 heterocycles. The lowest BCUT2D eigenvalue weighted by atomic mass is 9.76. The molecule has 0 saturated carbocycles. The van der Waals surface area contributed by atoms with Crippen LogP contribution in [0.4, 0.5) is 0 Å². The lowest BCUT2D eigenvalue weighted by Crippen LogP contribution is -2.25. The van der Waals surface area contributed by atoms with Crippen molar-refractivity contribution in [2.75, 3.05) is 14.2 Å². The Bertz CT molecular complexity index is 369. The van der Waals surface area contributed by atoms with E-state index in [2.05, 4.69) is 18.6 Å². The molecule has 3 nitrogen and oxygen atoms in total. The van der Waals surface area contributed by atoms with E-state index in [1.807, 2.05) is 18.4 Å². The molecule has 0 radical (unpaired) electrons. The first kappa shape index (κ1) is 17.0. The predicted octanol–water partition coefficient (Wildman–Crippen LogP) is 3.23. The molecular formula is C14H22O3S. The highest BCUT2D eigenvalue weighted by Gasteiger charge is 2.26. The Morgan fingerprint density at radius 3 is 2.39 bits per heavy atom. The molecule has 1 aromatic rings. The Labute approximate surface area is 113 Å². The normalized spacial score (nSPS) is 12.3. The zero-order valence-electron chi connectivity index (χ0n) is 11.7. The minimum absolute atomic E-state index is 0.00287. The van der Waals surface area contributed by atoms with Gasteiger partial charge in [-0.05, 0) is 28.8 Å². The smallest absolute Gasteiger partial charge is 0.160 e. The number of hydrogen-bond donors (Lipinski definition) is 0. The average Bonchev–Trinajstić information content (AvgIpc) is 2.75. The third-order valence-electron chi connectivity index (χ3n) is 2.97. The van der Waals surface area contributed by atoms with E-state index in [9.17, 15) is 9.59 Å². The summed E-state index contributed by atoms with van der Waals surface area (Å²) in [5, 5.41) is 1.92. The standard InChI is InChI=1S/C12H16O2S.C2H6O/c1-9(7-13)12(2,3)6-10-4-5-15-11(10)8-14;1-3-2/h4-5,7-9H,6H2,1-3H3;1-2H3. The fourth-order valence-electron chi connectivity index (χ4n) is 1.43. The molecule has 0 aliphatic heterocycles. The first-order valence-electron chi connectivity index (χ1n) is 5.79. The highest BCUT2D eigenvalue weighted by atomic mass is 32.1. The Kier molecular flexibility index (Phi) is 7.71. The molecule has 0 spiro atoms. The number of methoxy groups -OCH3 is 1. The molecule has 0 saturated heterocycles. The summed E-state index contributed by atoms with van der Waals surface area (Å²) >= 11 is 1.45. The third-order valence-corrected chi connectivity index (χ3v) is 3.86. The molecule has 18 heavy (non-hydrogen) atoms. The fourth-order valence-corrected chi connectivity index (χ4v) is 2.16. The second-order valence-electron chi connectivity index (χ2n) is 4.93. The second-order valence-corrected chi connectivity index (χ2v) is 5.87. The van der Waals surface area contributed by atoms with Gasteiger partial charge in [-0.25, -0.2) is 0 Å². The van der Waals surface area contributed by atoms with Crippen molar-refractivity contribution in [2.45, 2.75) is 27.2 Å². The summed E-state index contributed by atoms with van der Waals surface area (Å²) < 4.78 is 4.25. The summed E-state index contributed by atoms with van der Waals surface area (Å²) in [6, 6.07) is 1.97. The monoisotopic (exact) mass is 270 g/mol. The number of hydrogen-bond acceptors (Lipinski definition) is 4. The molecule has 0 aromatic carbocycles. The lowest BCUT2D eigenvalue weighted by molar-refractivity contribution is -0.113. The number of carbonyl (C=O) groups excluding carboxylic acids is 2. The zero-order valence-corrected chi connectivity index (χ0v) is 12.5. The highest BCUT2D eigenvalue weighted by molar-refractivity contribution is 7.11. The molecule has 4 heteroatoms. The maximum atomic E-state index is 10.8. The van der Waals surface area contributed by atoms with Crippen molar-refractivity contribution in [3.8, 4) is 0 Å². The Morgan fingerprint density at radius 2 is 1.94 bits per heavy atom. The minimum Gasteiger partial charge on any atom is -0.388 e. The Balaban J connectivity index is 0.000000873. The van der Waals surface area contributed by atoms with Crippen LogP contribution >= 0.6 is 11.3 Å². The van der Waals surface area contributed by atoms with Gasteiger partial charge in [-0.2, -0.15) is 0 Å². The molecule has 0 aliphatic carbocycles. The highest BCUT2D eigenvalue weighted by Crippen LogP contribution is 2.31. The first-order chi connectivity index (χ1) is 8.42. The number of ether oxygens (including phenoxy) is 1. The molecule has 1 rings (SSSR count). The van der Waals surface area contributed by atoms with Gasteiger partial charge in [0.05, 0.1) is 4.88 Å². The summed E-state index contributed by atoms with van der Waals surface area (Å²) in [6.07, 6.45) is 2.64. The largest absolute Gasteiger partial charge is 0.388 e. The first-order valence-corrected chi connectivity index (χ1v) is 6.67. The van der Waals surface area contributed by atoms with Crippen LogP contribution in [0.3, 0.4) is 0 Å². The van der Waals surface area contributed by atoms with Crippen LogP contribution in [0.25, 0.3) is 0 Å². The molecular weight excluding hydrogens is 248 g/mol. The van der Waals surface area contributed by atoms with Gasteiger partial charge in [-0.15, -0.1) is 11.3 Å². The molecule has 1 aromatic heterocycles. The lowest BCUT2D eigenvalue weighted by Gasteiger charge is -2.28. The van der Waals surface area contributed by atoms with Crippen molar-refractivity contribution in [2.24, 2.45) is 11.3 Å². The van der Waals surface area contributed by atoms with E-state index >= 15 is 0 Å². The minimum atomic E-state index is -0.0966. The summed E-state index contributed by atoms with van der Waals surface area (Å²) in [5.74, 6) is -0.00287. The van der Waals surface area contributed by atoms with Gasteiger partial charge < -0.3 is 9.53 Å². The summed E-state index contributed by atoms with van der Waals surface area (Å²) in [4.78, 5) is 22.3. The van der Waals surface area contributed by atoms with Gasteiger partial charge in [0.25, 0.3) is 0 Å². The van der Waals surface area contributed by atoms with Crippen molar-refractivity contribution < 1.29 is 14.3 Å². The SMILES string of the molecule is CC(C=O)C(C)(C)Cc1ccsc1C=O.COC. The number of thiophene rings is 1. The zero-order chi connectivity index (χ0) is 14.2. The van der Waals surface area contributed by atoms with Gasteiger partial charge in [0.15, 0.2) is 6.29 Å². The van der Waals surface area contributed by atoms with Crippen molar-refractivity contribution >= 4 is 23.9 Å². The van der Waals surface area contributed by atoms with Crippen LogP contribution in [0.5, 0.6) is 0 Å². The fraction of sp³-hybridized carbons (Fsp3) is 0.571. The third kappa shape index (κ3) is 5.10. The van der Waals surface area contributed by atoms with E-state index in [0.29, 0.717) is 0 Å². The molecule has 0 amide bonds. The van der Waals surface area contributed by atoms with E-state index in [1.54, 1.807) is 14.2 Å². The second kappa shape index (κ2) is 8.16. The predicted molar refractivity (Wildman–Crippen MR) is 75.4 cm³/mol. The molecule has 0 fully saturated rings. The van der Waals surface area contributed by atoms with E-state index in [4.69, 9.17) is 0 Å². The number of rotatable bonds is 5. The van der Waals surface area contributed by atoms with Crippen LogP contribution in [-0.2, 0) is 16.0 Å². The Morgan fingerprint density at radius 1 is 1.39 bits per heavy atom. The summed E-state index contributed by atoms with van der Waals surface area (Å²) in [7, 11) is 3.25. The van der Waals surface area contributed by atoms with Gasteiger partial charge in [0, 0.05) is 20.1 Å². The van der Waals surface area contributed by atoms with Crippen LogP contribution in [0.15, 0.2) is 11.4 Å². The summed E-state index contributed by atoms with van der Waals surface area (Å²) in [6.45, 7) is 6.02. The molecule has 1 atom stereocenters. The maximum Gasteiger partial charge on any atom is 0.160 e. The van der Waals surface area contributed by atoms with E-state index in [1.165, 1.54) is 11.3 Å². The van der Waals surface area contributed by atoms with Crippen LogP contribution in [-0.4, -0.2) is 26.8 Å². The van der Waals surface area contributed by atoms with Crippen molar-refractivity contribution in [3.63, 3.8) is 0 Å². The van der Waals surface area contributed by atoms with Crippen LogP contribution in [0.1, 0.15) is 36.0 Å². The van der Waals surface area contributed by atoms with E-state index in [-0.39, 0.29) is 11.3 Å². The van der Waals surface area contributed by atoms with E-state index in [0.717, 1.165) is 29.4 Å². The van der Waals surface area contributed by atoms with Crippen molar-refractivity contribution in [3.05, 3.63) is 21.9 Å². The number of aldehydes is 2. The maximum absolute atomic E-state index is 10.8. The number of carbonyl (C=O) groups is 2. The van der Waals surface area contributed by atoms with Gasteiger partial charge in [0.2, 0.25) is 0 Å². The van der Waals surface area contributed by atoms with Crippen LogP contribution < -0.4 is 0 Å². The van der Waals surface area contributed by atoms with Crippen molar-refractivity contribution in [1.82, 2.24) is 0 Å². The van der Waals surface area contributed by atoms with Gasteiger partial charge >= 0.3 is 0 Å². The quantitative estimate of drug-likeness (QED) is 0.772. The Hall–Kier alpha value is -1.00. The van der Waals surface area contributed by atoms with Gasteiger partial charge in [-0.1, -0.05) is 20.8 Å². The van der Waals surface area contributed by atoms with Crippen LogP contribution in [0.2, 0.25) is 0 Å². The molecule has 0 aliphatic rings. The van der Waals surface area contributed by atoms with Crippen LogP contribution in [0, 0.1) is 11.3 Å². The molecule has 0 bridgehead atoms. The van der Waals surface area contributed by atoms with Gasteiger partial charge in [-0.3, -0.25) is 4.79 Å². The van der Waals surface area contributed by atoms with Crippen molar-refractivity contribution in [1.29, 1.82) is 0 Å². The topological polar surface area (TPSA) is 43.4 Å². The molecule has 0 N–H and O–H groups in total. The molecule has 1 unspecified atom stereocenters. The van der Waals surface area contributed by atoms with E-state index < -0.39 is 0 Å². The average molecular weight is 270 g/mol. The summed E-state index contributed by atoms with van der Waals surface area (Å²) in [5.41, 5.74) is 0.953.